The number of carbonyl (C=O) groups is 2. The summed E-state index contributed by atoms with van der Waals surface area (Å²) in [5, 5.41) is 12.3. The van der Waals surface area contributed by atoms with Crippen LogP contribution in [0.1, 0.15) is 50.9 Å². The van der Waals surface area contributed by atoms with Crippen LogP contribution in [-0.2, 0) is 0 Å². The molecule has 6 nitrogen and oxygen atoms in total. The summed E-state index contributed by atoms with van der Waals surface area (Å²) in [7, 11) is 0. The van der Waals surface area contributed by atoms with Gasteiger partial charge in [0.05, 0.1) is 10.6 Å². The summed E-state index contributed by atoms with van der Waals surface area (Å²) in [6.07, 6.45) is 1.77. The second-order valence-corrected chi connectivity index (χ2v) is 7.98. The summed E-state index contributed by atoms with van der Waals surface area (Å²) in [6.45, 7) is 8.67. The minimum Gasteiger partial charge on any atom is -0.349 e. The molecule has 0 spiro atoms. The van der Waals surface area contributed by atoms with Crippen LogP contribution in [0.3, 0.4) is 0 Å². The van der Waals surface area contributed by atoms with Crippen LogP contribution < -0.4 is 21.3 Å². The maximum absolute atomic E-state index is 12.6. The lowest BCUT2D eigenvalue weighted by Crippen LogP contribution is -2.46. The van der Waals surface area contributed by atoms with E-state index >= 15 is 0 Å². The molecule has 1 aliphatic rings. The van der Waals surface area contributed by atoms with Crippen LogP contribution in [0.4, 0.5) is 10.5 Å². The van der Waals surface area contributed by atoms with Crippen LogP contribution in [-0.4, -0.2) is 36.1 Å². The van der Waals surface area contributed by atoms with Crippen LogP contribution in [0.2, 0.25) is 5.02 Å². The van der Waals surface area contributed by atoms with E-state index in [9.17, 15) is 9.59 Å². The molecule has 2 atom stereocenters. The van der Waals surface area contributed by atoms with Crippen molar-refractivity contribution < 1.29 is 9.59 Å². The lowest BCUT2D eigenvalue weighted by atomic mass is 10.00. The highest BCUT2D eigenvalue weighted by Crippen LogP contribution is 2.21. The average Bonchev–Trinajstić information content (AvgIpc) is 2.47. The Morgan fingerprint density at radius 3 is 2.64 bits per heavy atom. The Bertz CT molecular complexity index is 642. The number of carbonyl (C=O) groups excluding carboxylic acids is 2. The van der Waals surface area contributed by atoms with Crippen LogP contribution in [0, 0.1) is 0 Å². The first kappa shape index (κ1) is 19.5. The molecule has 138 valence electrons. The summed E-state index contributed by atoms with van der Waals surface area (Å²) >= 11 is 6.18. The smallest absolute Gasteiger partial charge is 0.319 e. The molecule has 4 N–H and O–H groups in total. The number of piperidine rings is 1. The third-order valence-electron chi connectivity index (χ3n) is 3.92. The molecule has 2 rings (SSSR count). The summed E-state index contributed by atoms with van der Waals surface area (Å²) in [6, 6.07) is 5.07. The first-order valence-electron chi connectivity index (χ1n) is 8.57. The van der Waals surface area contributed by atoms with Gasteiger partial charge in [-0.05, 0) is 65.3 Å². The van der Waals surface area contributed by atoms with Crippen molar-refractivity contribution in [2.75, 3.05) is 11.9 Å². The van der Waals surface area contributed by atoms with E-state index in [2.05, 4.69) is 28.2 Å². The highest BCUT2D eigenvalue weighted by molar-refractivity contribution is 6.34. The van der Waals surface area contributed by atoms with Crippen LogP contribution in [0.5, 0.6) is 0 Å². The number of rotatable bonds is 3. The van der Waals surface area contributed by atoms with Crippen molar-refractivity contribution in [2.24, 2.45) is 0 Å². The fraction of sp³-hybridized carbons (Fsp3) is 0.556. The van der Waals surface area contributed by atoms with Gasteiger partial charge >= 0.3 is 6.03 Å². The van der Waals surface area contributed by atoms with Gasteiger partial charge in [0.1, 0.15) is 0 Å². The van der Waals surface area contributed by atoms with Crippen molar-refractivity contribution in [2.45, 2.75) is 58.2 Å². The third kappa shape index (κ3) is 6.21. The molecule has 0 bridgehead atoms. The standard InChI is InChI=1S/C18H27ClN4O2/c1-11-9-13(7-8-20-11)21-16(24)14-10-12(5-6-15(14)19)22-17(25)23-18(2,3)4/h5-6,10-11,13,20H,7-9H2,1-4H3,(H,21,24)(H2,22,23,25). The van der Waals surface area contributed by atoms with Gasteiger partial charge in [-0.1, -0.05) is 11.6 Å². The number of amides is 3. The first-order valence-corrected chi connectivity index (χ1v) is 8.95. The highest BCUT2D eigenvalue weighted by Gasteiger charge is 2.22. The summed E-state index contributed by atoms with van der Waals surface area (Å²) in [5.74, 6) is -0.219. The average molecular weight is 367 g/mol. The van der Waals surface area contributed by atoms with Crippen molar-refractivity contribution in [3.8, 4) is 0 Å². The summed E-state index contributed by atoms with van der Waals surface area (Å²) in [4.78, 5) is 24.5. The van der Waals surface area contributed by atoms with E-state index < -0.39 is 0 Å². The molecular formula is C18H27ClN4O2. The molecule has 1 heterocycles. The Hall–Kier alpha value is -1.79. The quantitative estimate of drug-likeness (QED) is 0.663. The van der Waals surface area contributed by atoms with Gasteiger partial charge in [-0.25, -0.2) is 4.79 Å². The molecule has 0 saturated carbocycles. The SMILES string of the molecule is CC1CC(NC(=O)c2cc(NC(=O)NC(C)(C)C)ccc2Cl)CCN1. The number of benzene rings is 1. The predicted octanol–water partition coefficient (Wildman–Crippen LogP) is 3.13. The molecule has 0 aromatic heterocycles. The van der Waals surface area contributed by atoms with E-state index in [1.807, 2.05) is 20.8 Å². The normalized spacial score (nSPS) is 20.7. The number of nitrogens with one attached hydrogen (secondary N) is 4. The molecular weight excluding hydrogens is 340 g/mol. The van der Waals surface area contributed by atoms with Crippen molar-refractivity contribution in [3.63, 3.8) is 0 Å². The van der Waals surface area contributed by atoms with Crippen LogP contribution in [0.15, 0.2) is 18.2 Å². The first-order chi connectivity index (χ1) is 11.6. The Balaban J connectivity index is 2.05. The van der Waals surface area contributed by atoms with Gasteiger partial charge in [-0.2, -0.15) is 0 Å². The molecule has 3 amide bonds. The van der Waals surface area contributed by atoms with E-state index in [-0.39, 0.29) is 23.5 Å². The van der Waals surface area contributed by atoms with Crippen molar-refractivity contribution in [1.29, 1.82) is 0 Å². The maximum atomic E-state index is 12.6. The lowest BCUT2D eigenvalue weighted by molar-refractivity contribution is 0.0926. The molecule has 25 heavy (non-hydrogen) atoms. The number of halogens is 1. The number of hydrogen-bond acceptors (Lipinski definition) is 3. The zero-order valence-electron chi connectivity index (χ0n) is 15.2. The number of urea groups is 1. The van der Waals surface area contributed by atoms with Crippen molar-refractivity contribution >= 4 is 29.2 Å². The Labute approximate surface area is 154 Å². The van der Waals surface area contributed by atoms with Gasteiger partial charge in [0.15, 0.2) is 0 Å². The van der Waals surface area contributed by atoms with E-state index in [1.165, 1.54) is 0 Å². The molecule has 1 saturated heterocycles. The van der Waals surface area contributed by atoms with E-state index in [4.69, 9.17) is 11.6 Å². The van der Waals surface area contributed by atoms with Crippen LogP contribution >= 0.6 is 11.6 Å². The number of hydrogen-bond donors (Lipinski definition) is 4. The van der Waals surface area contributed by atoms with Gasteiger partial charge in [-0.3, -0.25) is 4.79 Å². The van der Waals surface area contributed by atoms with Gasteiger partial charge < -0.3 is 21.3 Å². The summed E-state index contributed by atoms with van der Waals surface area (Å²) < 4.78 is 0. The summed E-state index contributed by atoms with van der Waals surface area (Å²) in [5.41, 5.74) is 0.541. The molecule has 1 aromatic carbocycles. The van der Waals surface area contributed by atoms with Gasteiger partial charge in [-0.15, -0.1) is 0 Å². The fourth-order valence-electron chi connectivity index (χ4n) is 2.81. The molecule has 7 heteroatoms. The second-order valence-electron chi connectivity index (χ2n) is 7.57. The van der Waals surface area contributed by atoms with Gasteiger partial charge in [0.25, 0.3) is 5.91 Å². The second kappa shape index (κ2) is 8.06. The van der Waals surface area contributed by atoms with Gasteiger partial charge in [0.2, 0.25) is 0 Å². The zero-order chi connectivity index (χ0) is 18.6. The molecule has 1 fully saturated rings. The van der Waals surface area contributed by atoms with Crippen LogP contribution in [0.25, 0.3) is 0 Å². The monoisotopic (exact) mass is 366 g/mol. The minimum absolute atomic E-state index is 0.126. The lowest BCUT2D eigenvalue weighted by Gasteiger charge is -2.28. The Kier molecular flexibility index (Phi) is 6.30. The predicted molar refractivity (Wildman–Crippen MR) is 101 cm³/mol. The molecule has 1 aromatic rings. The van der Waals surface area contributed by atoms with Crippen molar-refractivity contribution in [3.05, 3.63) is 28.8 Å². The molecule has 0 aliphatic carbocycles. The largest absolute Gasteiger partial charge is 0.349 e. The Morgan fingerprint density at radius 2 is 2.00 bits per heavy atom. The molecule has 1 aliphatic heterocycles. The molecule has 0 radical (unpaired) electrons. The fourth-order valence-corrected chi connectivity index (χ4v) is 3.01. The van der Waals surface area contributed by atoms with E-state index in [1.54, 1.807) is 18.2 Å². The molecule has 2 unspecified atom stereocenters. The third-order valence-corrected chi connectivity index (χ3v) is 4.25. The van der Waals surface area contributed by atoms with E-state index in [0.717, 1.165) is 19.4 Å². The zero-order valence-corrected chi connectivity index (χ0v) is 16.0. The maximum Gasteiger partial charge on any atom is 0.319 e. The Morgan fingerprint density at radius 1 is 1.28 bits per heavy atom. The van der Waals surface area contributed by atoms with Gasteiger partial charge in [0, 0.05) is 23.3 Å². The van der Waals surface area contributed by atoms with E-state index in [0.29, 0.717) is 22.3 Å². The highest BCUT2D eigenvalue weighted by atomic mass is 35.5. The minimum atomic E-state index is -0.345. The van der Waals surface area contributed by atoms with Crippen molar-refractivity contribution in [1.82, 2.24) is 16.0 Å². The topological polar surface area (TPSA) is 82.3 Å². The number of anilines is 1.